The van der Waals surface area contributed by atoms with Gasteiger partial charge in [0.15, 0.2) is 0 Å². The van der Waals surface area contributed by atoms with Crippen molar-refractivity contribution in [2.24, 2.45) is 0 Å². The molecule has 1 rings (SSSR count). The first-order valence-electron chi connectivity index (χ1n) is 5.25. The number of halogens is 1. The average Bonchev–Trinajstić information content (AvgIpc) is 2.28. The Bertz CT molecular complexity index is 375. The van der Waals surface area contributed by atoms with Gasteiger partial charge in [0, 0.05) is 11.9 Å². The molecule has 0 aliphatic heterocycles. The molecule has 88 valence electrons. The van der Waals surface area contributed by atoms with Gasteiger partial charge in [-0.2, -0.15) is 0 Å². The molecule has 0 radical (unpaired) electrons. The largest absolute Gasteiger partial charge is 0.507 e. The third-order valence-corrected chi connectivity index (χ3v) is 2.78. The highest BCUT2D eigenvalue weighted by molar-refractivity contribution is 6.18. The van der Waals surface area contributed by atoms with E-state index in [-0.39, 0.29) is 17.7 Å². The van der Waals surface area contributed by atoms with Crippen LogP contribution >= 0.6 is 11.6 Å². The molecule has 3 nitrogen and oxygen atoms in total. The first-order chi connectivity index (χ1) is 7.58. The minimum absolute atomic E-state index is 0.00692. The summed E-state index contributed by atoms with van der Waals surface area (Å²) >= 11 is 5.69. The van der Waals surface area contributed by atoms with Crippen molar-refractivity contribution in [3.05, 3.63) is 29.3 Å². The third kappa shape index (κ3) is 3.14. The normalized spacial score (nSPS) is 12.2. The number of nitrogens with one attached hydrogen (secondary N) is 1. The molecule has 16 heavy (non-hydrogen) atoms. The van der Waals surface area contributed by atoms with Crippen molar-refractivity contribution in [2.45, 2.75) is 26.3 Å². The van der Waals surface area contributed by atoms with E-state index in [0.717, 1.165) is 12.0 Å². The van der Waals surface area contributed by atoms with Gasteiger partial charge in [0.25, 0.3) is 5.91 Å². The molecule has 0 aromatic heterocycles. The molecule has 1 unspecified atom stereocenters. The SMILES string of the molecule is CCC(CCl)NC(=O)c1cc(C)ccc1O. The maximum Gasteiger partial charge on any atom is 0.255 e. The quantitative estimate of drug-likeness (QED) is 0.796. The lowest BCUT2D eigenvalue weighted by Gasteiger charge is -2.14. The Hall–Kier alpha value is -1.22. The Morgan fingerprint density at radius 1 is 1.56 bits per heavy atom. The molecule has 0 saturated heterocycles. The molecular formula is C12H16ClNO2. The topological polar surface area (TPSA) is 49.3 Å². The van der Waals surface area contributed by atoms with Gasteiger partial charge in [-0.25, -0.2) is 0 Å². The van der Waals surface area contributed by atoms with Crippen LogP contribution in [0.3, 0.4) is 0 Å². The van der Waals surface area contributed by atoms with E-state index in [1.165, 1.54) is 6.07 Å². The fourth-order valence-corrected chi connectivity index (χ4v) is 1.64. The molecule has 0 aliphatic rings. The van der Waals surface area contributed by atoms with E-state index >= 15 is 0 Å². The zero-order valence-corrected chi connectivity index (χ0v) is 10.2. The van der Waals surface area contributed by atoms with Crippen LogP contribution in [0.25, 0.3) is 0 Å². The number of hydrogen-bond donors (Lipinski definition) is 2. The molecule has 0 aliphatic carbocycles. The summed E-state index contributed by atoms with van der Waals surface area (Å²) in [4.78, 5) is 11.8. The van der Waals surface area contributed by atoms with Crippen LogP contribution in [0.5, 0.6) is 5.75 Å². The summed E-state index contributed by atoms with van der Waals surface area (Å²) in [5.74, 6) is 0.0793. The van der Waals surface area contributed by atoms with Crippen LogP contribution in [0.4, 0.5) is 0 Å². The summed E-state index contributed by atoms with van der Waals surface area (Å²) in [5, 5.41) is 12.3. The van der Waals surface area contributed by atoms with Gasteiger partial charge in [-0.3, -0.25) is 4.79 Å². The van der Waals surface area contributed by atoms with Crippen LogP contribution in [0.1, 0.15) is 29.3 Å². The predicted octanol–water partition coefficient (Wildman–Crippen LogP) is 2.45. The molecule has 1 aromatic rings. The predicted molar refractivity (Wildman–Crippen MR) is 65.1 cm³/mol. The smallest absolute Gasteiger partial charge is 0.255 e. The maximum absolute atomic E-state index is 11.8. The molecule has 0 spiro atoms. The van der Waals surface area contributed by atoms with Crippen molar-refractivity contribution in [1.29, 1.82) is 0 Å². The van der Waals surface area contributed by atoms with Gasteiger partial charge in [0.1, 0.15) is 5.75 Å². The zero-order valence-electron chi connectivity index (χ0n) is 9.46. The van der Waals surface area contributed by atoms with Crippen LogP contribution in [0, 0.1) is 6.92 Å². The number of alkyl halides is 1. The molecule has 2 N–H and O–H groups in total. The van der Waals surface area contributed by atoms with Gasteiger partial charge >= 0.3 is 0 Å². The fraction of sp³-hybridized carbons (Fsp3) is 0.417. The highest BCUT2D eigenvalue weighted by Gasteiger charge is 2.14. The van der Waals surface area contributed by atoms with Crippen LogP contribution in [0.2, 0.25) is 0 Å². The van der Waals surface area contributed by atoms with Crippen molar-refractivity contribution in [1.82, 2.24) is 5.32 Å². The molecule has 0 fully saturated rings. The lowest BCUT2D eigenvalue weighted by Crippen LogP contribution is -2.35. The second-order valence-corrected chi connectivity index (χ2v) is 4.06. The Morgan fingerprint density at radius 3 is 2.81 bits per heavy atom. The molecule has 1 aromatic carbocycles. The van der Waals surface area contributed by atoms with Gasteiger partial charge in [0.2, 0.25) is 0 Å². The fourth-order valence-electron chi connectivity index (χ4n) is 1.34. The van der Waals surface area contributed by atoms with Gasteiger partial charge < -0.3 is 10.4 Å². The number of aryl methyl sites for hydroxylation is 1. The van der Waals surface area contributed by atoms with Crippen molar-refractivity contribution in [3.63, 3.8) is 0 Å². The Labute approximate surface area is 100 Å². The maximum atomic E-state index is 11.8. The van der Waals surface area contributed by atoms with Crippen molar-refractivity contribution in [3.8, 4) is 5.75 Å². The number of phenols is 1. The molecule has 0 bridgehead atoms. The average molecular weight is 242 g/mol. The number of amides is 1. The molecule has 4 heteroatoms. The number of carbonyl (C=O) groups is 1. The van der Waals surface area contributed by atoms with Gasteiger partial charge in [-0.05, 0) is 25.5 Å². The summed E-state index contributed by atoms with van der Waals surface area (Å²) in [7, 11) is 0. The van der Waals surface area contributed by atoms with Crippen LogP contribution in [-0.4, -0.2) is 22.9 Å². The number of hydrogen-bond acceptors (Lipinski definition) is 2. The monoisotopic (exact) mass is 241 g/mol. The summed E-state index contributed by atoms with van der Waals surface area (Å²) < 4.78 is 0. The van der Waals surface area contributed by atoms with Crippen molar-refractivity contribution < 1.29 is 9.90 Å². The van der Waals surface area contributed by atoms with E-state index in [9.17, 15) is 9.90 Å². The second-order valence-electron chi connectivity index (χ2n) is 3.75. The first kappa shape index (κ1) is 12.8. The Balaban J connectivity index is 2.83. The van der Waals surface area contributed by atoms with Crippen LogP contribution in [-0.2, 0) is 0 Å². The van der Waals surface area contributed by atoms with E-state index in [4.69, 9.17) is 11.6 Å². The van der Waals surface area contributed by atoms with Gasteiger partial charge in [-0.1, -0.05) is 18.6 Å². The Morgan fingerprint density at radius 2 is 2.25 bits per heavy atom. The lowest BCUT2D eigenvalue weighted by molar-refractivity contribution is 0.0937. The van der Waals surface area contributed by atoms with Crippen LogP contribution in [0.15, 0.2) is 18.2 Å². The molecule has 1 amide bonds. The van der Waals surface area contributed by atoms with Crippen LogP contribution < -0.4 is 5.32 Å². The minimum atomic E-state index is -0.284. The van der Waals surface area contributed by atoms with Crippen molar-refractivity contribution in [2.75, 3.05) is 5.88 Å². The van der Waals surface area contributed by atoms with E-state index in [1.54, 1.807) is 12.1 Å². The van der Waals surface area contributed by atoms with Crippen molar-refractivity contribution >= 4 is 17.5 Å². The second kappa shape index (κ2) is 5.75. The van der Waals surface area contributed by atoms with E-state index in [2.05, 4.69) is 5.32 Å². The highest BCUT2D eigenvalue weighted by Crippen LogP contribution is 2.18. The van der Waals surface area contributed by atoms with E-state index in [0.29, 0.717) is 11.4 Å². The lowest BCUT2D eigenvalue weighted by atomic mass is 10.1. The van der Waals surface area contributed by atoms with E-state index < -0.39 is 0 Å². The summed E-state index contributed by atoms with van der Waals surface area (Å²) in [5.41, 5.74) is 1.23. The molecule has 1 atom stereocenters. The standard InChI is InChI=1S/C12H16ClNO2/c1-3-9(7-13)14-12(16)10-6-8(2)4-5-11(10)15/h4-6,9,15H,3,7H2,1-2H3,(H,14,16). The van der Waals surface area contributed by atoms with Gasteiger partial charge in [-0.15, -0.1) is 11.6 Å². The Kier molecular flexibility index (Phi) is 4.62. The molecular weight excluding hydrogens is 226 g/mol. The summed E-state index contributed by atoms with van der Waals surface area (Å²) in [6, 6.07) is 4.87. The first-order valence-corrected chi connectivity index (χ1v) is 5.78. The number of phenolic OH excluding ortho intramolecular Hbond substituents is 1. The number of benzene rings is 1. The molecule has 0 saturated carbocycles. The van der Waals surface area contributed by atoms with Gasteiger partial charge in [0.05, 0.1) is 5.56 Å². The number of carbonyl (C=O) groups excluding carboxylic acids is 1. The third-order valence-electron chi connectivity index (χ3n) is 2.41. The summed E-state index contributed by atoms with van der Waals surface area (Å²) in [6.07, 6.45) is 0.766. The highest BCUT2D eigenvalue weighted by atomic mass is 35.5. The molecule has 0 heterocycles. The zero-order chi connectivity index (χ0) is 12.1. The minimum Gasteiger partial charge on any atom is -0.507 e. The summed E-state index contributed by atoms with van der Waals surface area (Å²) in [6.45, 7) is 3.82. The van der Waals surface area contributed by atoms with E-state index in [1.807, 2.05) is 13.8 Å². The number of aromatic hydroxyl groups is 1. The number of rotatable bonds is 4.